The summed E-state index contributed by atoms with van der Waals surface area (Å²) in [6.45, 7) is 4.30. The monoisotopic (exact) mass is 542 g/mol. The third-order valence-electron chi connectivity index (χ3n) is 4.78. The average molecular weight is 543 g/mol. The van der Waals surface area contributed by atoms with Gasteiger partial charge in [-0.15, -0.1) is 6.42 Å². The van der Waals surface area contributed by atoms with Crippen LogP contribution in [0.25, 0.3) is 6.08 Å². The highest BCUT2D eigenvalue weighted by molar-refractivity contribution is 9.10. The zero-order chi connectivity index (χ0) is 25.5. The van der Waals surface area contributed by atoms with E-state index in [4.69, 9.17) is 25.4 Å². The van der Waals surface area contributed by atoms with Gasteiger partial charge in [0, 0.05) is 10.5 Å². The van der Waals surface area contributed by atoms with Gasteiger partial charge in [-0.05, 0) is 49.8 Å². The molecule has 0 aliphatic carbocycles. The lowest BCUT2D eigenvalue weighted by Gasteiger charge is -2.28. The second-order valence-electron chi connectivity index (χ2n) is 6.97. The molecule has 0 aromatic heterocycles. The number of methoxy groups -OCH3 is 1. The van der Waals surface area contributed by atoms with Crippen molar-refractivity contribution < 1.29 is 33.3 Å². The highest BCUT2D eigenvalue weighted by Crippen LogP contribution is 2.37. The molecule has 2 aromatic carbocycles. The maximum atomic E-state index is 13.4. The first-order chi connectivity index (χ1) is 16.8. The minimum atomic E-state index is -0.901. The van der Waals surface area contributed by atoms with Gasteiger partial charge in [-0.2, -0.15) is 0 Å². The van der Waals surface area contributed by atoms with Gasteiger partial charge < -0.3 is 18.9 Å². The Hall–Kier alpha value is -3.97. The van der Waals surface area contributed by atoms with Crippen LogP contribution in [-0.2, 0) is 9.59 Å². The van der Waals surface area contributed by atoms with Crippen molar-refractivity contribution in [2.24, 2.45) is 0 Å². The zero-order valence-electron chi connectivity index (χ0n) is 19.3. The van der Waals surface area contributed by atoms with Gasteiger partial charge >= 0.3 is 6.03 Å². The SMILES string of the molecule is C#CCOc1cc(Br)c(/C=C2\C(=O)NC(=O)N(c3cc(OCC)ccc3OCC)C2=O)cc1OC. The Labute approximate surface area is 211 Å². The molecule has 0 saturated carbocycles. The van der Waals surface area contributed by atoms with Crippen LogP contribution in [0.5, 0.6) is 23.0 Å². The van der Waals surface area contributed by atoms with Crippen LogP contribution in [-0.4, -0.2) is 44.8 Å². The van der Waals surface area contributed by atoms with Gasteiger partial charge in [-0.1, -0.05) is 21.9 Å². The van der Waals surface area contributed by atoms with Crippen molar-refractivity contribution in [1.82, 2.24) is 5.32 Å². The van der Waals surface area contributed by atoms with Crippen LogP contribution in [0.4, 0.5) is 10.5 Å². The number of halogens is 1. The third-order valence-corrected chi connectivity index (χ3v) is 5.46. The lowest BCUT2D eigenvalue weighted by molar-refractivity contribution is -0.122. The number of carbonyl (C=O) groups excluding carboxylic acids is 3. The van der Waals surface area contributed by atoms with Crippen LogP contribution in [0.1, 0.15) is 19.4 Å². The van der Waals surface area contributed by atoms with E-state index in [0.29, 0.717) is 40.5 Å². The molecule has 3 rings (SSSR count). The van der Waals surface area contributed by atoms with Gasteiger partial charge in [-0.25, -0.2) is 9.69 Å². The number of urea groups is 1. The molecule has 1 heterocycles. The van der Waals surface area contributed by atoms with Gasteiger partial charge in [0.2, 0.25) is 0 Å². The topological polar surface area (TPSA) is 103 Å². The molecule has 4 amide bonds. The van der Waals surface area contributed by atoms with Gasteiger partial charge in [0.05, 0.1) is 26.0 Å². The molecule has 0 atom stereocenters. The van der Waals surface area contributed by atoms with E-state index in [2.05, 4.69) is 27.2 Å². The summed E-state index contributed by atoms with van der Waals surface area (Å²) in [6.07, 6.45) is 6.60. The fourth-order valence-corrected chi connectivity index (χ4v) is 3.73. The number of ether oxygens (including phenoxy) is 4. The normalized spacial score (nSPS) is 14.4. The first-order valence-corrected chi connectivity index (χ1v) is 11.4. The quantitative estimate of drug-likeness (QED) is 0.291. The Morgan fingerprint density at radius 2 is 1.77 bits per heavy atom. The van der Waals surface area contributed by atoms with Crippen molar-refractivity contribution in [3.63, 3.8) is 0 Å². The number of nitrogens with one attached hydrogen (secondary N) is 1. The van der Waals surface area contributed by atoms with Crippen molar-refractivity contribution in [2.75, 3.05) is 31.8 Å². The van der Waals surface area contributed by atoms with Crippen LogP contribution >= 0.6 is 15.9 Å². The molecule has 10 heteroatoms. The molecule has 35 heavy (non-hydrogen) atoms. The molecule has 1 aliphatic heterocycles. The van der Waals surface area contributed by atoms with Crippen LogP contribution in [0.2, 0.25) is 0 Å². The molecule has 0 unspecified atom stereocenters. The summed E-state index contributed by atoms with van der Waals surface area (Å²) < 4.78 is 22.4. The number of hydrogen-bond donors (Lipinski definition) is 1. The molecule has 1 N–H and O–H groups in total. The van der Waals surface area contributed by atoms with E-state index < -0.39 is 17.8 Å². The smallest absolute Gasteiger partial charge is 0.336 e. The second kappa shape index (κ2) is 11.4. The molecule has 2 aromatic rings. The first-order valence-electron chi connectivity index (χ1n) is 10.6. The molecule has 182 valence electrons. The van der Waals surface area contributed by atoms with E-state index in [-0.39, 0.29) is 23.6 Å². The van der Waals surface area contributed by atoms with E-state index in [0.717, 1.165) is 4.90 Å². The number of benzene rings is 2. The third kappa shape index (κ3) is 5.58. The summed E-state index contributed by atoms with van der Waals surface area (Å²) in [5.41, 5.74) is 0.318. The highest BCUT2D eigenvalue weighted by Gasteiger charge is 2.38. The maximum absolute atomic E-state index is 13.4. The first kappa shape index (κ1) is 25.6. The number of amides is 4. The average Bonchev–Trinajstić information content (AvgIpc) is 2.83. The summed E-state index contributed by atoms with van der Waals surface area (Å²) in [7, 11) is 1.45. The van der Waals surface area contributed by atoms with Crippen molar-refractivity contribution in [3.8, 4) is 35.3 Å². The minimum Gasteiger partial charge on any atom is -0.494 e. The van der Waals surface area contributed by atoms with Crippen molar-refractivity contribution in [1.29, 1.82) is 0 Å². The summed E-state index contributed by atoms with van der Waals surface area (Å²) in [5, 5.41) is 2.21. The van der Waals surface area contributed by atoms with Crippen LogP contribution < -0.4 is 29.2 Å². The van der Waals surface area contributed by atoms with Crippen molar-refractivity contribution in [3.05, 3.63) is 45.9 Å². The van der Waals surface area contributed by atoms with Gasteiger partial charge in [0.25, 0.3) is 11.8 Å². The Morgan fingerprint density at radius 3 is 2.43 bits per heavy atom. The fraction of sp³-hybridized carbons (Fsp3) is 0.240. The number of rotatable bonds is 9. The number of nitrogens with zero attached hydrogens (tertiary/aromatic N) is 1. The van der Waals surface area contributed by atoms with Crippen LogP contribution in [0.3, 0.4) is 0 Å². The van der Waals surface area contributed by atoms with Crippen molar-refractivity contribution in [2.45, 2.75) is 13.8 Å². The molecule has 1 saturated heterocycles. The molecule has 0 bridgehead atoms. The Balaban J connectivity index is 2.07. The highest BCUT2D eigenvalue weighted by atomic mass is 79.9. The largest absolute Gasteiger partial charge is 0.494 e. The predicted octanol–water partition coefficient (Wildman–Crippen LogP) is 3.93. The number of barbiturate groups is 1. The van der Waals surface area contributed by atoms with E-state index in [9.17, 15) is 14.4 Å². The molecule has 0 radical (unpaired) electrons. The number of hydrogen-bond acceptors (Lipinski definition) is 7. The summed E-state index contributed by atoms with van der Waals surface area (Å²) >= 11 is 3.41. The summed E-state index contributed by atoms with van der Waals surface area (Å²) in [4.78, 5) is 39.7. The van der Waals surface area contributed by atoms with E-state index in [1.54, 1.807) is 31.2 Å². The number of imide groups is 2. The van der Waals surface area contributed by atoms with E-state index >= 15 is 0 Å². The van der Waals surface area contributed by atoms with Crippen molar-refractivity contribution >= 4 is 45.5 Å². The van der Waals surface area contributed by atoms with Crippen LogP contribution in [0, 0.1) is 12.3 Å². The Kier molecular flexibility index (Phi) is 8.39. The minimum absolute atomic E-state index is 0.0319. The fourth-order valence-electron chi connectivity index (χ4n) is 3.29. The summed E-state index contributed by atoms with van der Waals surface area (Å²) in [5.74, 6) is 2.14. The lowest BCUT2D eigenvalue weighted by atomic mass is 10.1. The standard InChI is InChI=1S/C25H23BrN2O7/c1-5-10-35-22-14-18(26)15(12-21(22)32-4)11-17-23(29)27-25(31)28(24(17)30)19-13-16(33-6-2)8-9-20(19)34-7-3/h1,8-9,11-14H,6-7,10H2,2-4H3,(H,27,29,31)/b17-11+. The van der Waals surface area contributed by atoms with E-state index in [1.807, 2.05) is 6.92 Å². The van der Waals surface area contributed by atoms with Crippen LogP contribution in [0.15, 0.2) is 40.4 Å². The number of terminal acetylenes is 1. The second-order valence-corrected chi connectivity index (χ2v) is 7.83. The molecular formula is C25H23BrN2O7. The molecular weight excluding hydrogens is 520 g/mol. The molecule has 1 fully saturated rings. The Bertz CT molecular complexity index is 1230. The molecule has 0 spiro atoms. The Morgan fingerprint density at radius 1 is 1.03 bits per heavy atom. The zero-order valence-corrected chi connectivity index (χ0v) is 20.9. The maximum Gasteiger partial charge on any atom is 0.336 e. The number of anilines is 1. The molecule has 1 aliphatic rings. The molecule has 9 nitrogen and oxygen atoms in total. The lowest BCUT2D eigenvalue weighted by Crippen LogP contribution is -2.54. The predicted molar refractivity (Wildman–Crippen MR) is 133 cm³/mol. The van der Waals surface area contributed by atoms with E-state index in [1.165, 1.54) is 19.3 Å². The van der Waals surface area contributed by atoms with Gasteiger partial charge in [-0.3, -0.25) is 14.9 Å². The number of carbonyl (C=O) groups is 3. The van der Waals surface area contributed by atoms with Gasteiger partial charge in [0.15, 0.2) is 11.5 Å². The van der Waals surface area contributed by atoms with Gasteiger partial charge in [0.1, 0.15) is 23.7 Å². The summed E-state index contributed by atoms with van der Waals surface area (Å²) in [6, 6.07) is 7.05.